The summed E-state index contributed by atoms with van der Waals surface area (Å²) in [6, 6.07) is 2.55. The van der Waals surface area contributed by atoms with Gasteiger partial charge in [-0.1, -0.05) is 0 Å². The normalized spacial score (nSPS) is 9.95. The van der Waals surface area contributed by atoms with Gasteiger partial charge >= 0.3 is 0 Å². The van der Waals surface area contributed by atoms with Crippen molar-refractivity contribution in [1.29, 1.82) is 0 Å². The molecule has 0 radical (unpaired) electrons. The highest BCUT2D eigenvalue weighted by Crippen LogP contribution is 2.19. The Kier molecular flexibility index (Phi) is 5.48. The fourth-order valence-corrected chi connectivity index (χ4v) is 1.43. The van der Waals surface area contributed by atoms with Crippen LogP contribution in [-0.2, 0) is 4.79 Å². The SMILES string of the molecule is NNc1cc([N+](=O)[O-])cc(NCCCCC(N)=O)n1. The maximum atomic E-state index is 10.7. The summed E-state index contributed by atoms with van der Waals surface area (Å²) in [4.78, 5) is 24.7. The van der Waals surface area contributed by atoms with Crippen LogP contribution in [0.1, 0.15) is 19.3 Å². The minimum atomic E-state index is -0.527. The van der Waals surface area contributed by atoms with Crippen LogP contribution >= 0.6 is 0 Å². The average molecular weight is 268 g/mol. The molecule has 9 nitrogen and oxygen atoms in total. The van der Waals surface area contributed by atoms with Gasteiger partial charge < -0.3 is 16.5 Å². The van der Waals surface area contributed by atoms with Crippen LogP contribution in [0.2, 0.25) is 0 Å². The van der Waals surface area contributed by atoms with Crippen molar-refractivity contribution < 1.29 is 9.72 Å². The predicted molar refractivity (Wildman–Crippen MR) is 70.2 cm³/mol. The number of nitrogens with zero attached hydrogens (tertiary/aromatic N) is 2. The van der Waals surface area contributed by atoms with Gasteiger partial charge in [0.2, 0.25) is 5.91 Å². The topological polar surface area (TPSA) is 149 Å². The van der Waals surface area contributed by atoms with E-state index >= 15 is 0 Å². The van der Waals surface area contributed by atoms with Crippen LogP contribution in [-0.4, -0.2) is 22.4 Å². The minimum absolute atomic E-state index is 0.109. The largest absolute Gasteiger partial charge is 0.370 e. The fourth-order valence-electron chi connectivity index (χ4n) is 1.43. The van der Waals surface area contributed by atoms with E-state index < -0.39 is 4.92 Å². The van der Waals surface area contributed by atoms with Crippen LogP contribution in [0.5, 0.6) is 0 Å². The lowest BCUT2D eigenvalue weighted by Gasteiger charge is -2.07. The van der Waals surface area contributed by atoms with E-state index in [9.17, 15) is 14.9 Å². The van der Waals surface area contributed by atoms with Gasteiger partial charge in [-0.3, -0.25) is 14.9 Å². The molecule has 1 aromatic heterocycles. The first-order valence-corrected chi connectivity index (χ1v) is 5.68. The molecule has 1 rings (SSSR count). The van der Waals surface area contributed by atoms with Gasteiger partial charge in [-0.25, -0.2) is 10.8 Å². The van der Waals surface area contributed by atoms with Gasteiger partial charge in [-0.05, 0) is 12.8 Å². The van der Waals surface area contributed by atoms with E-state index in [1.165, 1.54) is 12.1 Å². The summed E-state index contributed by atoms with van der Waals surface area (Å²) in [7, 11) is 0. The lowest BCUT2D eigenvalue weighted by atomic mass is 10.2. The van der Waals surface area contributed by atoms with E-state index in [0.29, 0.717) is 31.6 Å². The highest BCUT2D eigenvalue weighted by Gasteiger charge is 2.10. The maximum Gasteiger partial charge on any atom is 0.276 e. The number of aromatic nitrogens is 1. The number of hydrogen-bond donors (Lipinski definition) is 4. The van der Waals surface area contributed by atoms with E-state index in [4.69, 9.17) is 11.6 Å². The Bertz CT molecular complexity index is 465. The molecule has 0 fully saturated rings. The number of primary amides is 1. The van der Waals surface area contributed by atoms with Crippen LogP contribution in [0.15, 0.2) is 12.1 Å². The van der Waals surface area contributed by atoms with Gasteiger partial charge in [0.15, 0.2) is 0 Å². The van der Waals surface area contributed by atoms with Gasteiger partial charge in [0.05, 0.1) is 17.1 Å². The minimum Gasteiger partial charge on any atom is -0.370 e. The number of nitrogens with one attached hydrogen (secondary N) is 2. The summed E-state index contributed by atoms with van der Waals surface area (Å²) in [6.45, 7) is 0.533. The number of nitrogen functional groups attached to an aromatic ring is 1. The Balaban J connectivity index is 2.55. The summed E-state index contributed by atoms with van der Waals surface area (Å²) in [6.07, 6.45) is 1.68. The van der Waals surface area contributed by atoms with E-state index in [1.54, 1.807) is 0 Å². The summed E-state index contributed by atoms with van der Waals surface area (Å²) in [5, 5.41) is 13.6. The van der Waals surface area contributed by atoms with Crippen LogP contribution < -0.4 is 22.3 Å². The molecule has 0 saturated carbocycles. The Morgan fingerprint density at radius 3 is 2.63 bits per heavy atom. The van der Waals surface area contributed by atoms with Gasteiger partial charge in [0, 0.05) is 13.0 Å². The van der Waals surface area contributed by atoms with Crippen molar-refractivity contribution in [1.82, 2.24) is 4.98 Å². The van der Waals surface area contributed by atoms with Crippen LogP contribution in [0.3, 0.4) is 0 Å². The van der Waals surface area contributed by atoms with Crippen molar-refractivity contribution in [2.24, 2.45) is 11.6 Å². The third-order valence-corrected chi connectivity index (χ3v) is 2.32. The number of hydrogen-bond acceptors (Lipinski definition) is 7. The van der Waals surface area contributed by atoms with Gasteiger partial charge in [-0.2, -0.15) is 0 Å². The quantitative estimate of drug-likeness (QED) is 0.230. The molecule has 0 aliphatic rings. The molecular formula is C10H16N6O3. The number of pyridine rings is 1. The Morgan fingerprint density at radius 1 is 1.37 bits per heavy atom. The van der Waals surface area contributed by atoms with E-state index in [0.717, 1.165) is 0 Å². The second kappa shape index (κ2) is 7.11. The summed E-state index contributed by atoms with van der Waals surface area (Å²) < 4.78 is 0. The zero-order valence-electron chi connectivity index (χ0n) is 10.3. The molecule has 0 aliphatic carbocycles. The van der Waals surface area contributed by atoms with Gasteiger partial charge in [0.25, 0.3) is 5.69 Å². The second-order valence-electron chi connectivity index (χ2n) is 3.85. The number of anilines is 2. The summed E-state index contributed by atoms with van der Waals surface area (Å²) >= 11 is 0. The van der Waals surface area contributed by atoms with Crippen molar-refractivity contribution in [2.75, 3.05) is 17.3 Å². The maximum absolute atomic E-state index is 10.7. The molecule has 6 N–H and O–H groups in total. The molecule has 0 aliphatic heterocycles. The molecule has 0 atom stereocenters. The first kappa shape index (κ1) is 14.6. The van der Waals surface area contributed by atoms with Gasteiger partial charge in [0.1, 0.15) is 11.6 Å². The van der Waals surface area contributed by atoms with Crippen LogP contribution in [0, 0.1) is 10.1 Å². The average Bonchev–Trinajstić information content (AvgIpc) is 2.37. The standard InChI is InChI=1S/C10H16N6O3/c11-8(17)3-1-2-4-13-9-5-7(16(18)19)6-10(14-9)15-12/h5-6H,1-4,12H2,(H2,11,17)(H2,13,14,15). The molecule has 9 heteroatoms. The summed E-state index contributed by atoms with van der Waals surface area (Å²) in [5.41, 5.74) is 7.16. The number of carbonyl (C=O) groups excluding carboxylic acids is 1. The molecule has 19 heavy (non-hydrogen) atoms. The number of nitrogens with two attached hydrogens (primary N) is 2. The Labute approximate surface area is 109 Å². The molecule has 0 unspecified atom stereocenters. The molecule has 0 bridgehead atoms. The molecule has 1 aromatic rings. The van der Waals surface area contributed by atoms with Crippen molar-refractivity contribution in [3.05, 3.63) is 22.2 Å². The lowest BCUT2D eigenvalue weighted by molar-refractivity contribution is -0.384. The molecular weight excluding hydrogens is 252 g/mol. The number of nitro groups is 1. The van der Waals surface area contributed by atoms with Crippen molar-refractivity contribution in [2.45, 2.75) is 19.3 Å². The number of hydrazine groups is 1. The Hall–Kier alpha value is -2.42. The van der Waals surface area contributed by atoms with E-state index in [-0.39, 0.29) is 17.4 Å². The number of carbonyl (C=O) groups is 1. The second-order valence-corrected chi connectivity index (χ2v) is 3.85. The Morgan fingerprint density at radius 2 is 2.05 bits per heavy atom. The third-order valence-electron chi connectivity index (χ3n) is 2.32. The molecule has 0 aromatic carbocycles. The van der Waals surface area contributed by atoms with Crippen LogP contribution in [0.25, 0.3) is 0 Å². The molecule has 104 valence electrons. The van der Waals surface area contributed by atoms with Crippen molar-refractivity contribution in [3.8, 4) is 0 Å². The number of amides is 1. The molecule has 1 heterocycles. The van der Waals surface area contributed by atoms with Crippen LogP contribution in [0.4, 0.5) is 17.3 Å². The van der Waals surface area contributed by atoms with Crippen molar-refractivity contribution in [3.63, 3.8) is 0 Å². The fraction of sp³-hybridized carbons (Fsp3) is 0.400. The first-order chi connectivity index (χ1) is 9.02. The van der Waals surface area contributed by atoms with Gasteiger partial charge in [-0.15, -0.1) is 0 Å². The molecule has 0 saturated heterocycles. The number of rotatable bonds is 8. The van der Waals surface area contributed by atoms with Crippen molar-refractivity contribution >= 4 is 23.2 Å². The van der Waals surface area contributed by atoms with E-state index in [2.05, 4.69) is 15.7 Å². The highest BCUT2D eigenvalue weighted by molar-refractivity contribution is 5.73. The molecule has 1 amide bonds. The summed E-state index contributed by atoms with van der Waals surface area (Å²) in [5.74, 6) is 5.39. The highest BCUT2D eigenvalue weighted by atomic mass is 16.6. The van der Waals surface area contributed by atoms with E-state index in [1.807, 2.05) is 0 Å². The zero-order chi connectivity index (χ0) is 14.3. The zero-order valence-corrected chi connectivity index (χ0v) is 10.3. The monoisotopic (exact) mass is 268 g/mol. The lowest BCUT2D eigenvalue weighted by Crippen LogP contribution is -2.12. The predicted octanol–water partition coefficient (Wildman–Crippen LogP) is 0.343. The smallest absolute Gasteiger partial charge is 0.276 e. The molecule has 0 spiro atoms. The third kappa shape index (κ3) is 5.17. The number of unbranched alkanes of at least 4 members (excludes halogenated alkanes) is 1. The first-order valence-electron chi connectivity index (χ1n) is 5.68.